The summed E-state index contributed by atoms with van der Waals surface area (Å²) in [6, 6.07) is 7.63. The molecule has 1 amide bonds. The van der Waals surface area contributed by atoms with Gasteiger partial charge >= 0.3 is 5.97 Å². The molecule has 25 heavy (non-hydrogen) atoms. The van der Waals surface area contributed by atoms with Crippen molar-refractivity contribution >= 4 is 28.9 Å². The standard InChI is InChI=1S/C20H23NO3S/c1-12-4-7-17-15(8-12)10-18(25-17)20(23)24-11-19(22)21-16-6-5-13(2)14(3)9-16/h5-6,9-10,12H,4,7-8,11H2,1-3H3,(H,21,22)/t12-/m0/s1. The van der Waals surface area contributed by atoms with Crippen LogP contribution >= 0.6 is 11.3 Å². The van der Waals surface area contributed by atoms with Gasteiger partial charge < -0.3 is 10.1 Å². The van der Waals surface area contributed by atoms with Crippen LogP contribution in [0, 0.1) is 19.8 Å². The van der Waals surface area contributed by atoms with E-state index < -0.39 is 5.97 Å². The van der Waals surface area contributed by atoms with Gasteiger partial charge in [0.1, 0.15) is 4.88 Å². The Bertz CT molecular complexity index is 809. The number of aryl methyl sites for hydroxylation is 3. The van der Waals surface area contributed by atoms with Gasteiger partial charge in [0, 0.05) is 10.6 Å². The van der Waals surface area contributed by atoms with Crippen molar-refractivity contribution in [2.75, 3.05) is 11.9 Å². The summed E-state index contributed by atoms with van der Waals surface area (Å²) < 4.78 is 5.18. The zero-order chi connectivity index (χ0) is 18.0. The lowest BCUT2D eigenvalue weighted by atomic mass is 9.90. The highest BCUT2D eigenvalue weighted by Crippen LogP contribution is 2.32. The number of hydrogen-bond acceptors (Lipinski definition) is 4. The maximum absolute atomic E-state index is 12.2. The number of carbonyl (C=O) groups excluding carboxylic acids is 2. The second kappa shape index (κ2) is 7.40. The molecule has 0 unspecified atom stereocenters. The summed E-state index contributed by atoms with van der Waals surface area (Å²) >= 11 is 1.50. The second-order valence-electron chi connectivity index (χ2n) is 6.83. The number of esters is 1. The molecule has 3 rings (SSSR count). The first kappa shape index (κ1) is 17.7. The van der Waals surface area contributed by atoms with Crippen molar-refractivity contribution in [3.8, 4) is 0 Å². The quantitative estimate of drug-likeness (QED) is 0.831. The van der Waals surface area contributed by atoms with E-state index in [2.05, 4.69) is 12.2 Å². The Morgan fingerprint density at radius 2 is 2.04 bits per heavy atom. The number of fused-ring (bicyclic) bond motifs is 1. The van der Waals surface area contributed by atoms with Gasteiger partial charge in [-0.15, -0.1) is 11.3 Å². The van der Waals surface area contributed by atoms with Crippen molar-refractivity contribution in [2.45, 2.75) is 40.0 Å². The van der Waals surface area contributed by atoms with E-state index in [4.69, 9.17) is 4.74 Å². The number of thiophene rings is 1. The Morgan fingerprint density at radius 3 is 2.80 bits per heavy atom. The molecule has 0 aliphatic heterocycles. The molecule has 1 aromatic carbocycles. The number of carbonyl (C=O) groups is 2. The summed E-state index contributed by atoms with van der Waals surface area (Å²) in [5.74, 6) is -0.0800. The molecule has 0 spiro atoms. The highest BCUT2D eigenvalue weighted by molar-refractivity contribution is 7.14. The molecule has 1 aliphatic carbocycles. The molecule has 1 aromatic heterocycles. The zero-order valence-electron chi connectivity index (χ0n) is 14.8. The molecule has 5 heteroatoms. The van der Waals surface area contributed by atoms with E-state index in [1.807, 2.05) is 38.1 Å². The van der Waals surface area contributed by atoms with Crippen LogP contribution in [0.25, 0.3) is 0 Å². The first-order valence-corrected chi connectivity index (χ1v) is 9.40. The number of hydrogen-bond donors (Lipinski definition) is 1. The highest BCUT2D eigenvalue weighted by atomic mass is 32.1. The molecule has 0 radical (unpaired) electrons. The fraction of sp³-hybridized carbons (Fsp3) is 0.400. The Hall–Kier alpha value is -2.14. The van der Waals surface area contributed by atoms with Crippen molar-refractivity contribution in [3.05, 3.63) is 50.7 Å². The minimum absolute atomic E-state index is 0.273. The summed E-state index contributed by atoms with van der Waals surface area (Å²) in [5, 5.41) is 2.76. The van der Waals surface area contributed by atoms with E-state index in [0.717, 1.165) is 18.4 Å². The predicted octanol–water partition coefficient (Wildman–Crippen LogP) is 4.29. The van der Waals surface area contributed by atoms with Gasteiger partial charge in [-0.2, -0.15) is 0 Å². The van der Waals surface area contributed by atoms with Gasteiger partial charge in [0.25, 0.3) is 5.91 Å². The Morgan fingerprint density at radius 1 is 1.24 bits per heavy atom. The van der Waals surface area contributed by atoms with Crippen molar-refractivity contribution in [1.29, 1.82) is 0 Å². The van der Waals surface area contributed by atoms with Gasteiger partial charge in [-0.25, -0.2) is 4.79 Å². The molecule has 1 atom stereocenters. The number of nitrogens with one attached hydrogen (secondary N) is 1. The largest absolute Gasteiger partial charge is 0.451 e. The monoisotopic (exact) mass is 357 g/mol. The van der Waals surface area contributed by atoms with Crippen LogP contribution in [0.3, 0.4) is 0 Å². The first-order valence-electron chi connectivity index (χ1n) is 8.58. The molecule has 1 heterocycles. The SMILES string of the molecule is Cc1ccc(NC(=O)COC(=O)c2cc3c(s2)CC[C@H](C)C3)cc1C. The molecular weight excluding hydrogens is 334 g/mol. The predicted molar refractivity (Wildman–Crippen MR) is 100 cm³/mol. The fourth-order valence-corrected chi connectivity index (χ4v) is 4.13. The molecule has 0 saturated heterocycles. The highest BCUT2D eigenvalue weighted by Gasteiger charge is 2.21. The van der Waals surface area contributed by atoms with Crippen LogP contribution in [0.5, 0.6) is 0 Å². The van der Waals surface area contributed by atoms with Crippen molar-refractivity contribution in [2.24, 2.45) is 5.92 Å². The molecule has 0 saturated carbocycles. The van der Waals surface area contributed by atoms with Crippen LogP contribution in [-0.4, -0.2) is 18.5 Å². The first-order chi connectivity index (χ1) is 11.9. The average molecular weight is 357 g/mol. The van der Waals surface area contributed by atoms with Crippen LogP contribution in [0.2, 0.25) is 0 Å². The lowest BCUT2D eigenvalue weighted by molar-refractivity contribution is -0.119. The third-order valence-electron chi connectivity index (χ3n) is 4.66. The van der Waals surface area contributed by atoms with Gasteiger partial charge in [0.2, 0.25) is 0 Å². The van der Waals surface area contributed by atoms with E-state index in [1.165, 1.54) is 33.8 Å². The minimum atomic E-state index is -0.415. The summed E-state index contributed by atoms with van der Waals surface area (Å²) in [6.45, 7) is 5.97. The molecule has 4 nitrogen and oxygen atoms in total. The summed E-state index contributed by atoms with van der Waals surface area (Å²) in [6.07, 6.45) is 3.22. The van der Waals surface area contributed by atoms with Crippen molar-refractivity contribution in [1.82, 2.24) is 0 Å². The van der Waals surface area contributed by atoms with Gasteiger partial charge in [-0.05, 0) is 73.9 Å². The van der Waals surface area contributed by atoms with Crippen molar-refractivity contribution in [3.63, 3.8) is 0 Å². The topological polar surface area (TPSA) is 55.4 Å². The number of rotatable bonds is 4. The van der Waals surface area contributed by atoms with Crippen LogP contribution in [0.4, 0.5) is 5.69 Å². The van der Waals surface area contributed by atoms with E-state index >= 15 is 0 Å². The number of ether oxygens (including phenoxy) is 1. The van der Waals surface area contributed by atoms with Crippen LogP contribution in [0.1, 0.15) is 44.6 Å². The van der Waals surface area contributed by atoms with Gasteiger partial charge in [-0.1, -0.05) is 13.0 Å². The van der Waals surface area contributed by atoms with E-state index in [-0.39, 0.29) is 12.5 Å². The lowest BCUT2D eigenvalue weighted by Crippen LogP contribution is -2.20. The minimum Gasteiger partial charge on any atom is -0.451 e. The smallest absolute Gasteiger partial charge is 0.348 e. The number of anilines is 1. The molecular formula is C20H23NO3S. The van der Waals surface area contributed by atoms with E-state index in [9.17, 15) is 9.59 Å². The lowest BCUT2D eigenvalue weighted by Gasteiger charge is -2.16. The average Bonchev–Trinajstić information content (AvgIpc) is 2.99. The van der Waals surface area contributed by atoms with Crippen LogP contribution in [0.15, 0.2) is 24.3 Å². The van der Waals surface area contributed by atoms with Crippen LogP contribution in [-0.2, 0) is 22.4 Å². The Balaban J connectivity index is 1.55. The maximum Gasteiger partial charge on any atom is 0.348 e. The van der Waals surface area contributed by atoms with Gasteiger partial charge in [0.05, 0.1) is 0 Å². The molecule has 1 aliphatic rings. The van der Waals surface area contributed by atoms with Gasteiger partial charge in [-0.3, -0.25) is 4.79 Å². The fourth-order valence-electron chi connectivity index (χ4n) is 3.02. The van der Waals surface area contributed by atoms with Gasteiger partial charge in [0.15, 0.2) is 6.61 Å². The maximum atomic E-state index is 12.2. The summed E-state index contributed by atoms with van der Waals surface area (Å²) in [7, 11) is 0. The van der Waals surface area contributed by atoms with E-state index in [0.29, 0.717) is 16.5 Å². The Kier molecular flexibility index (Phi) is 5.23. The molecule has 2 aromatic rings. The third kappa shape index (κ3) is 4.28. The molecule has 1 N–H and O–H groups in total. The molecule has 0 fully saturated rings. The third-order valence-corrected chi connectivity index (χ3v) is 5.87. The van der Waals surface area contributed by atoms with E-state index in [1.54, 1.807) is 0 Å². The molecule has 0 bridgehead atoms. The Labute approximate surface area is 152 Å². The normalized spacial score (nSPS) is 16.2. The summed E-state index contributed by atoms with van der Waals surface area (Å²) in [4.78, 5) is 26.1. The number of amides is 1. The summed E-state index contributed by atoms with van der Waals surface area (Å²) in [5.41, 5.74) is 4.24. The van der Waals surface area contributed by atoms with Crippen LogP contribution < -0.4 is 5.32 Å². The van der Waals surface area contributed by atoms with Crippen molar-refractivity contribution < 1.29 is 14.3 Å². The number of benzene rings is 1. The molecule has 132 valence electrons. The zero-order valence-corrected chi connectivity index (χ0v) is 15.7. The second-order valence-corrected chi connectivity index (χ2v) is 7.97.